The molecule has 0 aliphatic carbocycles. The second kappa shape index (κ2) is 5.92. The minimum absolute atomic E-state index is 0.0616. The molecule has 0 unspecified atom stereocenters. The number of nitrogens with zero attached hydrogens (tertiary/aromatic N) is 1. The Morgan fingerprint density at radius 3 is 2.56 bits per heavy atom. The highest BCUT2D eigenvalue weighted by Crippen LogP contribution is 2.17. The van der Waals surface area contributed by atoms with Crippen molar-refractivity contribution in [1.82, 2.24) is 5.32 Å². The molecule has 0 saturated carbocycles. The molecule has 0 bridgehead atoms. The molecule has 7 heteroatoms. The number of ether oxygens (including phenoxy) is 1. The van der Waals surface area contributed by atoms with E-state index in [9.17, 15) is 14.9 Å². The van der Waals surface area contributed by atoms with E-state index in [-0.39, 0.29) is 17.3 Å². The number of alkyl halides is 1. The molecule has 0 aliphatic heterocycles. The highest BCUT2D eigenvalue weighted by atomic mass is 35.5. The van der Waals surface area contributed by atoms with Crippen LogP contribution in [0.5, 0.6) is 5.75 Å². The third-order valence-electron chi connectivity index (χ3n) is 1.62. The summed E-state index contributed by atoms with van der Waals surface area (Å²) in [5.41, 5.74) is -0.0616. The van der Waals surface area contributed by atoms with Crippen molar-refractivity contribution in [3.05, 3.63) is 34.4 Å². The molecule has 0 saturated heterocycles. The van der Waals surface area contributed by atoms with Gasteiger partial charge in [-0.25, -0.2) is 4.79 Å². The van der Waals surface area contributed by atoms with Crippen LogP contribution in [-0.2, 0) is 0 Å². The van der Waals surface area contributed by atoms with Crippen molar-refractivity contribution in [2.45, 2.75) is 0 Å². The third-order valence-corrected chi connectivity index (χ3v) is 1.81. The van der Waals surface area contributed by atoms with Crippen LogP contribution in [0, 0.1) is 10.1 Å². The Kier molecular flexibility index (Phi) is 4.53. The predicted molar refractivity (Wildman–Crippen MR) is 57.8 cm³/mol. The number of hydrogen-bond acceptors (Lipinski definition) is 4. The summed E-state index contributed by atoms with van der Waals surface area (Å²) < 4.78 is 4.82. The zero-order valence-corrected chi connectivity index (χ0v) is 8.94. The van der Waals surface area contributed by atoms with Gasteiger partial charge < -0.3 is 10.1 Å². The second-order valence-corrected chi connectivity index (χ2v) is 3.13. The van der Waals surface area contributed by atoms with Crippen LogP contribution in [0.3, 0.4) is 0 Å². The van der Waals surface area contributed by atoms with E-state index in [0.29, 0.717) is 6.54 Å². The lowest BCUT2D eigenvalue weighted by molar-refractivity contribution is -0.384. The van der Waals surface area contributed by atoms with Crippen molar-refractivity contribution in [2.24, 2.45) is 0 Å². The molecule has 1 amide bonds. The summed E-state index contributed by atoms with van der Waals surface area (Å²) in [7, 11) is 0. The zero-order chi connectivity index (χ0) is 12.0. The Bertz CT molecular complexity index is 380. The van der Waals surface area contributed by atoms with E-state index >= 15 is 0 Å². The number of carbonyl (C=O) groups is 1. The summed E-state index contributed by atoms with van der Waals surface area (Å²) >= 11 is 5.36. The molecule has 0 aliphatic rings. The maximum atomic E-state index is 11.1. The van der Waals surface area contributed by atoms with E-state index in [1.54, 1.807) is 0 Å². The number of hydrogen-bond donors (Lipinski definition) is 1. The Hall–Kier alpha value is -1.82. The maximum Gasteiger partial charge on any atom is 0.412 e. The summed E-state index contributed by atoms with van der Waals surface area (Å²) in [6.07, 6.45) is -0.644. The van der Waals surface area contributed by atoms with Crippen LogP contribution in [0.2, 0.25) is 0 Å². The monoisotopic (exact) mass is 244 g/mol. The topological polar surface area (TPSA) is 81.5 Å². The molecular formula is C9H9ClN2O4. The first-order valence-electron chi connectivity index (χ1n) is 4.39. The van der Waals surface area contributed by atoms with Gasteiger partial charge in [-0.15, -0.1) is 11.6 Å². The number of non-ortho nitro benzene ring substituents is 1. The van der Waals surface area contributed by atoms with Crippen molar-refractivity contribution in [1.29, 1.82) is 0 Å². The van der Waals surface area contributed by atoms with E-state index in [2.05, 4.69) is 5.32 Å². The second-order valence-electron chi connectivity index (χ2n) is 2.76. The normalized spacial score (nSPS) is 9.56. The Morgan fingerprint density at radius 2 is 2.06 bits per heavy atom. The Labute approximate surface area is 96.3 Å². The molecule has 1 N–H and O–H groups in total. The largest absolute Gasteiger partial charge is 0.412 e. The quantitative estimate of drug-likeness (QED) is 0.498. The fourth-order valence-electron chi connectivity index (χ4n) is 0.928. The van der Waals surface area contributed by atoms with Gasteiger partial charge >= 0.3 is 6.09 Å². The summed E-state index contributed by atoms with van der Waals surface area (Å²) in [4.78, 5) is 20.9. The fraction of sp³-hybridized carbons (Fsp3) is 0.222. The summed E-state index contributed by atoms with van der Waals surface area (Å²) in [6.45, 7) is 0.299. The van der Waals surface area contributed by atoms with Crippen LogP contribution < -0.4 is 10.1 Å². The van der Waals surface area contributed by atoms with Crippen LogP contribution in [-0.4, -0.2) is 23.4 Å². The number of nitro groups is 1. The average Bonchev–Trinajstić information content (AvgIpc) is 2.27. The molecule has 0 spiro atoms. The number of nitro benzene ring substituents is 1. The number of carbonyl (C=O) groups excluding carboxylic acids is 1. The van der Waals surface area contributed by atoms with Gasteiger partial charge in [-0.1, -0.05) is 0 Å². The van der Waals surface area contributed by atoms with Crippen LogP contribution >= 0.6 is 11.6 Å². The van der Waals surface area contributed by atoms with Crippen molar-refractivity contribution < 1.29 is 14.5 Å². The zero-order valence-electron chi connectivity index (χ0n) is 8.18. The van der Waals surface area contributed by atoms with E-state index in [0.717, 1.165) is 0 Å². The number of rotatable bonds is 4. The van der Waals surface area contributed by atoms with Gasteiger partial charge in [0.25, 0.3) is 5.69 Å². The van der Waals surface area contributed by atoms with Crippen molar-refractivity contribution in [3.8, 4) is 5.75 Å². The smallest absolute Gasteiger partial charge is 0.410 e. The lowest BCUT2D eigenvalue weighted by Gasteiger charge is -2.04. The highest BCUT2D eigenvalue weighted by Gasteiger charge is 2.07. The minimum atomic E-state index is -0.644. The molecule has 86 valence electrons. The van der Waals surface area contributed by atoms with Gasteiger partial charge in [-0.2, -0.15) is 0 Å². The molecular weight excluding hydrogens is 236 g/mol. The van der Waals surface area contributed by atoms with Gasteiger partial charge in [0.15, 0.2) is 0 Å². The summed E-state index contributed by atoms with van der Waals surface area (Å²) in [5, 5.41) is 12.7. The predicted octanol–water partition coefficient (Wildman–Crippen LogP) is 1.92. The third kappa shape index (κ3) is 3.74. The molecule has 0 radical (unpaired) electrons. The van der Waals surface area contributed by atoms with E-state index < -0.39 is 11.0 Å². The number of halogens is 1. The van der Waals surface area contributed by atoms with Gasteiger partial charge in [0, 0.05) is 24.6 Å². The SMILES string of the molecule is O=C(NCCCl)Oc1ccc([N+](=O)[O-])cc1. The van der Waals surface area contributed by atoms with Crippen LogP contribution in [0.4, 0.5) is 10.5 Å². The standard InChI is InChI=1S/C9H9ClN2O4/c10-5-6-11-9(13)16-8-3-1-7(2-4-8)12(14)15/h1-4H,5-6H2,(H,11,13). The lowest BCUT2D eigenvalue weighted by atomic mass is 10.3. The lowest BCUT2D eigenvalue weighted by Crippen LogP contribution is -2.28. The van der Waals surface area contributed by atoms with Gasteiger partial charge in [-0.05, 0) is 12.1 Å². The molecule has 0 atom stereocenters. The van der Waals surface area contributed by atoms with Gasteiger partial charge in [0.1, 0.15) is 5.75 Å². The first kappa shape index (κ1) is 12.3. The molecule has 0 heterocycles. The van der Waals surface area contributed by atoms with Gasteiger partial charge in [-0.3, -0.25) is 10.1 Å². The molecule has 1 aromatic rings. The summed E-state index contributed by atoms with van der Waals surface area (Å²) in [5.74, 6) is 0.521. The molecule has 6 nitrogen and oxygen atoms in total. The van der Waals surface area contributed by atoms with Crippen LogP contribution in [0.1, 0.15) is 0 Å². The van der Waals surface area contributed by atoms with Crippen LogP contribution in [0.25, 0.3) is 0 Å². The first-order chi connectivity index (χ1) is 7.63. The summed E-state index contributed by atoms with van der Waals surface area (Å²) in [6, 6.07) is 5.20. The maximum absolute atomic E-state index is 11.1. The Balaban J connectivity index is 2.55. The molecule has 0 fully saturated rings. The highest BCUT2D eigenvalue weighted by molar-refractivity contribution is 6.18. The van der Waals surface area contributed by atoms with Gasteiger partial charge in [0.05, 0.1) is 4.92 Å². The van der Waals surface area contributed by atoms with Crippen molar-refractivity contribution >= 4 is 23.4 Å². The van der Waals surface area contributed by atoms with Crippen LogP contribution in [0.15, 0.2) is 24.3 Å². The molecule has 16 heavy (non-hydrogen) atoms. The minimum Gasteiger partial charge on any atom is -0.410 e. The molecule has 1 rings (SSSR count). The fourth-order valence-corrected chi connectivity index (χ4v) is 1.02. The van der Waals surface area contributed by atoms with Gasteiger partial charge in [0.2, 0.25) is 0 Å². The Morgan fingerprint density at radius 1 is 1.44 bits per heavy atom. The van der Waals surface area contributed by atoms with E-state index in [1.807, 2.05) is 0 Å². The number of nitrogens with one attached hydrogen (secondary N) is 1. The van der Waals surface area contributed by atoms with E-state index in [1.165, 1.54) is 24.3 Å². The number of amides is 1. The molecule has 0 aromatic heterocycles. The number of benzene rings is 1. The van der Waals surface area contributed by atoms with Crippen molar-refractivity contribution in [3.63, 3.8) is 0 Å². The first-order valence-corrected chi connectivity index (χ1v) is 4.93. The van der Waals surface area contributed by atoms with Crippen molar-refractivity contribution in [2.75, 3.05) is 12.4 Å². The average molecular weight is 245 g/mol. The van der Waals surface area contributed by atoms with E-state index in [4.69, 9.17) is 16.3 Å². The molecule has 1 aromatic carbocycles.